The minimum absolute atomic E-state index is 0.0867. The minimum atomic E-state index is -4.23. The molecule has 2 rings (SSSR count). The second-order valence-electron chi connectivity index (χ2n) is 3.90. The Morgan fingerprint density at radius 2 is 2.15 bits per heavy atom. The van der Waals surface area contributed by atoms with Gasteiger partial charge in [-0.15, -0.1) is 0 Å². The first-order valence-corrected chi connectivity index (χ1v) is 6.76. The molecule has 0 saturated carbocycles. The number of nitro benzene ring substituents is 1. The van der Waals surface area contributed by atoms with Gasteiger partial charge in [0, 0.05) is 5.56 Å². The number of aryl methyl sites for hydroxylation is 1. The number of nitrogens with one attached hydrogen (secondary N) is 2. The van der Waals surface area contributed by atoms with Gasteiger partial charge in [0.1, 0.15) is 11.6 Å². The summed E-state index contributed by atoms with van der Waals surface area (Å²) >= 11 is 0. The summed E-state index contributed by atoms with van der Waals surface area (Å²) in [4.78, 5) is 9.23. The molecule has 0 bridgehead atoms. The number of rotatable bonds is 4. The quantitative estimate of drug-likeness (QED) is 0.656. The number of halogens is 1. The van der Waals surface area contributed by atoms with Crippen LogP contribution < -0.4 is 4.72 Å². The van der Waals surface area contributed by atoms with Crippen LogP contribution in [0, 0.1) is 22.9 Å². The number of aromatic amines is 1. The third-order valence-corrected chi connectivity index (χ3v) is 3.87. The zero-order chi connectivity index (χ0) is 14.9. The van der Waals surface area contributed by atoms with E-state index in [1.807, 2.05) is 0 Å². The minimum Gasteiger partial charge on any atom is -0.263 e. The molecule has 0 radical (unpaired) electrons. The third kappa shape index (κ3) is 2.59. The van der Waals surface area contributed by atoms with E-state index in [0.29, 0.717) is 11.6 Å². The van der Waals surface area contributed by atoms with Crippen molar-refractivity contribution in [2.24, 2.45) is 0 Å². The highest BCUT2D eigenvalue weighted by atomic mass is 32.2. The van der Waals surface area contributed by atoms with E-state index in [4.69, 9.17) is 0 Å². The molecule has 1 heterocycles. The lowest BCUT2D eigenvalue weighted by molar-refractivity contribution is -0.388. The van der Waals surface area contributed by atoms with Crippen LogP contribution >= 0.6 is 0 Å². The van der Waals surface area contributed by atoms with E-state index >= 15 is 0 Å². The van der Waals surface area contributed by atoms with Gasteiger partial charge in [-0.3, -0.25) is 19.9 Å². The summed E-state index contributed by atoms with van der Waals surface area (Å²) in [6, 6.07) is 2.22. The van der Waals surface area contributed by atoms with Crippen molar-refractivity contribution < 1.29 is 17.7 Å². The van der Waals surface area contributed by atoms with Gasteiger partial charge in [0.15, 0.2) is 4.90 Å². The average molecular weight is 300 g/mol. The van der Waals surface area contributed by atoms with E-state index in [9.17, 15) is 22.9 Å². The van der Waals surface area contributed by atoms with Gasteiger partial charge < -0.3 is 0 Å². The molecule has 1 aromatic heterocycles. The average Bonchev–Trinajstić information content (AvgIpc) is 2.74. The zero-order valence-corrected chi connectivity index (χ0v) is 10.9. The number of nitrogens with zero attached hydrogens (tertiary/aromatic N) is 2. The maximum Gasteiger partial charge on any atom is 0.292 e. The molecular formula is C10H9FN4O4S. The number of nitro groups is 1. The molecule has 0 amide bonds. The molecule has 0 aliphatic rings. The Balaban J connectivity index is 2.50. The molecule has 1 aromatic carbocycles. The van der Waals surface area contributed by atoms with E-state index in [0.717, 1.165) is 12.1 Å². The van der Waals surface area contributed by atoms with Crippen LogP contribution in [-0.2, 0) is 10.0 Å². The monoisotopic (exact) mass is 300 g/mol. The summed E-state index contributed by atoms with van der Waals surface area (Å²) in [7, 11) is -4.23. The van der Waals surface area contributed by atoms with Crippen LogP contribution in [0.25, 0.3) is 0 Å². The number of hydrogen-bond donors (Lipinski definition) is 2. The van der Waals surface area contributed by atoms with Gasteiger partial charge in [-0.05, 0) is 19.1 Å². The van der Waals surface area contributed by atoms with Gasteiger partial charge >= 0.3 is 0 Å². The number of anilines is 1. The summed E-state index contributed by atoms with van der Waals surface area (Å²) in [5.41, 5.74) is -0.326. The van der Waals surface area contributed by atoms with Crippen LogP contribution in [0.2, 0.25) is 0 Å². The van der Waals surface area contributed by atoms with Crippen LogP contribution in [0.4, 0.5) is 15.9 Å². The van der Waals surface area contributed by atoms with Crippen molar-refractivity contribution in [2.75, 3.05) is 4.72 Å². The Kier molecular flexibility index (Phi) is 3.40. The van der Waals surface area contributed by atoms with Crippen molar-refractivity contribution in [3.63, 3.8) is 0 Å². The lowest BCUT2D eigenvalue weighted by atomic mass is 10.3. The first-order valence-electron chi connectivity index (χ1n) is 5.28. The predicted molar refractivity (Wildman–Crippen MR) is 67.2 cm³/mol. The molecule has 0 fully saturated rings. The normalized spacial score (nSPS) is 11.3. The molecule has 2 aromatic rings. The van der Waals surface area contributed by atoms with Crippen molar-refractivity contribution in [1.82, 2.24) is 10.2 Å². The summed E-state index contributed by atoms with van der Waals surface area (Å²) in [5, 5.41) is 16.8. The van der Waals surface area contributed by atoms with Gasteiger partial charge in [-0.2, -0.15) is 5.10 Å². The van der Waals surface area contributed by atoms with Gasteiger partial charge in [-0.1, -0.05) is 0 Å². The highest BCUT2D eigenvalue weighted by molar-refractivity contribution is 7.92. The summed E-state index contributed by atoms with van der Waals surface area (Å²) < 4.78 is 39.3. The van der Waals surface area contributed by atoms with Crippen molar-refractivity contribution in [3.05, 3.63) is 45.9 Å². The van der Waals surface area contributed by atoms with Gasteiger partial charge in [0.05, 0.1) is 17.2 Å². The van der Waals surface area contributed by atoms with E-state index in [1.165, 1.54) is 6.20 Å². The number of benzene rings is 1. The molecule has 10 heteroatoms. The molecule has 0 atom stereocenters. The fourth-order valence-corrected chi connectivity index (χ4v) is 2.74. The molecule has 0 spiro atoms. The molecule has 0 saturated heterocycles. The summed E-state index contributed by atoms with van der Waals surface area (Å²) in [5.74, 6) is -0.808. The Morgan fingerprint density at radius 1 is 1.45 bits per heavy atom. The lowest BCUT2D eigenvalue weighted by Crippen LogP contribution is -2.15. The first-order chi connectivity index (χ1) is 9.31. The van der Waals surface area contributed by atoms with Crippen molar-refractivity contribution in [3.8, 4) is 0 Å². The molecule has 106 valence electrons. The summed E-state index contributed by atoms with van der Waals surface area (Å²) in [6.45, 7) is 1.60. The fourth-order valence-electron chi connectivity index (χ4n) is 1.50. The van der Waals surface area contributed by atoms with Crippen LogP contribution in [0.15, 0.2) is 29.3 Å². The second-order valence-corrected chi connectivity index (χ2v) is 5.55. The van der Waals surface area contributed by atoms with Crippen LogP contribution in [-0.4, -0.2) is 23.5 Å². The maximum atomic E-state index is 13.0. The van der Waals surface area contributed by atoms with E-state index in [2.05, 4.69) is 14.9 Å². The molecule has 8 nitrogen and oxygen atoms in total. The first kappa shape index (κ1) is 13.9. The van der Waals surface area contributed by atoms with Crippen molar-refractivity contribution in [2.45, 2.75) is 11.8 Å². The van der Waals surface area contributed by atoms with E-state index in [-0.39, 0.29) is 5.82 Å². The van der Waals surface area contributed by atoms with E-state index in [1.54, 1.807) is 6.92 Å². The maximum absolute atomic E-state index is 13.0. The molecule has 2 N–H and O–H groups in total. The highest BCUT2D eigenvalue weighted by Crippen LogP contribution is 2.26. The Labute approximate surface area is 112 Å². The number of aromatic nitrogens is 2. The molecular weight excluding hydrogens is 291 g/mol. The highest BCUT2D eigenvalue weighted by Gasteiger charge is 2.27. The van der Waals surface area contributed by atoms with Gasteiger partial charge in [-0.25, -0.2) is 12.8 Å². The Hall–Kier alpha value is -2.49. The molecule has 0 unspecified atom stereocenters. The van der Waals surface area contributed by atoms with Crippen LogP contribution in [0.5, 0.6) is 0 Å². The van der Waals surface area contributed by atoms with Crippen molar-refractivity contribution >= 4 is 21.5 Å². The second kappa shape index (κ2) is 4.89. The number of H-pyrrole nitrogens is 1. The fraction of sp³-hybridized carbons (Fsp3) is 0.100. The largest absolute Gasteiger partial charge is 0.292 e. The van der Waals surface area contributed by atoms with Crippen molar-refractivity contribution in [1.29, 1.82) is 0 Å². The SMILES string of the molecule is Cc1cn[nH]c1NS(=O)(=O)c1ccc(F)cc1[N+](=O)[O-]. The Morgan fingerprint density at radius 3 is 2.70 bits per heavy atom. The predicted octanol–water partition coefficient (Wildman–Crippen LogP) is 1.57. The summed E-state index contributed by atoms with van der Waals surface area (Å²) in [6.07, 6.45) is 1.39. The Bertz CT molecular complexity index is 771. The topological polar surface area (TPSA) is 118 Å². The lowest BCUT2D eigenvalue weighted by Gasteiger charge is -2.07. The smallest absolute Gasteiger partial charge is 0.263 e. The molecule has 0 aliphatic carbocycles. The van der Waals surface area contributed by atoms with Gasteiger partial charge in [0.25, 0.3) is 15.7 Å². The zero-order valence-electron chi connectivity index (χ0n) is 10.1. The number of sulfonamides is 1. The molecule has 20 heavy (non-hydrogen) atoms. The molecule has 0 aliphatic heterocycles. The van der Waals surface area contributed by atoms with Crippen LogP contribution in [0.3, 0.4) is 0 Å². The number of hydrogen-bond acceptors (Lipinski definition) is 5. The van der Waals surface area contributed by atoms with Gasteiger partial charge in [0.2, 0.25) is 0 Å². The van der Waals surface area contributed by atoms with Crippen LogP contribution in [0.1, 0.15) is 5.56 Å². The van der Waals surface area contributed by atoms with E-state index < -0.39 is 31.3 Å². The standard InChI is InChI=1S/C10H9FN4O4S/c1-6-5-12-13-10(6)14-20(18,19)9-3-2-7(11)4-8(9)15(16)17/h2-5H,1H3,(H2,12,13,14). The third-order valence-electron chi connectivity index (χ3n) is 2.47.